The minimum absolute atomic E-state index is 0.0225. The van der Waals surface area contributed by atoms with Crippen molar-refractivity contribution in [2.75, 3.05) is 0 Å². The number of rotatable bonds is 10. The van der Waals surface area contributed by atoms with E-state index in [0.717, 1.165) is 10.9 Å². The molecule has 0 saturated carbocycles. The molecule has 0 bridgehead atoms. The third kappa shape index (κ3) is 8.11. The molecule has 0 fully saturated rings. The molecule has 276 valence electrons. The minimum Gasteiger partial charge on any atom is -0.294 e. The van der Waals surface area contributed by atoms with Crippen LogP contribution in [0.4, 0.5) is 0 Å². The third-order valence-corrected chi connectivity index (χ3v) is 11.6. The normalized spacial score (nSPS) is 11.1. The summed E-state index contributed by atoms with van der Waals surface area (Å²) in [6.07, 6.45) is -0.176. The molecule has 0 heterocycles. The lowest BCUT2D eigenvalue weighted by molar-refractivity contribution is 0.0894. The molecule has 6 aromatic carbocycles. The number of carbonyl (C=O) groups is 2. The van der Waals surface area contributed by atoms with Crippen LogP contribution < -0.4 is 32.8 Å². The standard InChI is InChI=1S/C51H54B2O2/c1-30-21-34(5)48(35(6)22-30)52(49-36(7)23-31(2)24-37(49)8)44-17-13-42(14-18-44)46(54)29-47(55)43-15-19-45(20-16-43)53(50-38(9)25-32(3)26-39(50)10)51-40(11)27-33(4)28-41(51)12/h13-28H,29H2,1-12H3. The first kappa shape index (κ1) is 39.5. The zero-order valence-electron chi connectivity index (χ0n) is 34.9. The number of hydrogen-bond donors (Lipinski definition) is 0. The summed E-state index contributed by atoms with van der Waals surface area (Å²) in [7, 11) is 0. The lowest BCUT2D eigenvalue weighted by atomic mass is 9.34. The van der Waals surface area contributed by atoms with Crippen LogP contribution in [0, 0.1) is 83.1 Å². The van der Waals surface area contributed by atoms with Gasteiger partial charge in [0.05, 0.1) is 6.42 Å². The van der Waals surface area contributed by atoms with Crippen molar-refractivity contribution in [3.63, 3.8) is 0 Å². The highest BCUT2D eigenvalue weighted by Gasteiger charge is 2.30. The van der Waals surface area contributed by atoms with E-state index in [9.17, 15) is 9.59 Å². The van der Waals surface area contributed by atoms with E-state index in [1.54, 1.807) is 0 Å². The Bertz CT molecular complexity index is 2070. The van der Waals surface area contributed by atoms with E-state index in [1.807, 2.05) is 24.3 Å². The highest BCUT2D eigenvalue weighted by Crippen LogP contribution is 2.16. The molecule has 0 aliphatic carbocycles. The highest BCUT2D eigenvalue weighted by molar-refractivity contribution is 6.97. The average Bonchev–Trinajstić information content (AvgIpc) is 3.09. The Labute approximate surface area is 330 Å². The minimum atomic E-state index is -0.176. The number of hydrogen-bond acceptors (Lipinski definition) is 2. The molecule has 0 radical (unpaired) electrons. The van der Waals surface area contributed by atoms with Crippen LogP contribution in [0.15, 0.2) is 97.1 Å². The molecule has 0 aromatic heterocycles. The van der Waals surface area contributed by atoms with Gasteiger partial charge < -0.3 is 0 Å². The van der Waals surface area contributed by atoms with Crippen molar-refractivity contribution in [2.45, 2.75) is 89.5 Å². The van der Waals surface area contributed by atoms with E-state index in [-0.39, 0.29) is 31.4 Å². The fourth-order valence-electron chi connectivity index (χ4n) is 9.61. The van der Waals surface area contributed by atoms with Gasteiger partial charge in [0.15, 0.2) is 11.6 Å². The highest BCUT2D eigenvalue weighted by atomic mass is 16.1. The first-order valence-corrected chi connectivity index (χ1v) is 19.6. The maximum absolute atomic E-state index is 13.7. The number of benzene rings is 6. The van der Waals surface area contributed by atoms with Crippen molar-refractivity contribution >= 4 is 57.8 Å². The van der Waals surface area contributed by atoms with Crippen LogP contribution in [0.25, 0.3) is 0 Å². The van der Waals surface area contributed by atoms with Gasteiger partial charge in [-0.15, -0.1) is 0 Å². The van der Waals surface area contributed by atoms with Crippen molar-refractivity contribution in [3.05, 3.63) is 175 Å². The summed E-state index contributed by atoms with van der Waals surface area (Å²) >= 11 is 0. The Morgan fingerprint density at radius 1 is 0.345 bits per heavy atom. The molecule has 0 saturated heterocycles. The topological polar surface area (TPSA) is 34.1 Å². The molecule has 0 aliphatic rings. The summed E-state index contributed by atoms with van der Waals surface area (Å²) in [5, 5.41) is 0. The first-order chi connectivity index (χ1) is 26.0. The largest absolute Gasteiger partial charge is 0.294 e. The van der Waals surface area contributed by atoms with Crippen LogP contribution in [0.3, 0.4) is 0 Å². The van der Waals surface area contributed by atoms with Gasteiger partial charge in [-0.25, -0.2) is 0 Å². The lowest BCUT2D eigenvalue weighted by Gasteiger charge is -2.24. The fraction of sp³-hybridized carbons (Fsp3) is 0.255. The van der Waals surface area contributed by atoms with Crippen molar-refractivity contribution in [1.82, 2.24) is 0 Å². The summed E-state index contributed by atoms with van der Waals surface area (Å²) in [6, 6.07) is 34.1. The van der Waals surface area contributed by atoms with Crippen LogP contribution in [-0.2, 0) is 0 Å². The SMILES string of the molecule is Cc1cc(C)c(B(c2ccc(C(=O)CC(=O)c3ccc(B(c4c(C)cc(C)cc4C)c4c(C)cc(C)cc4C)cc3)cc2)c2c(C)cc(C)cc2C)c(C)c1. The maximum atomic E-state index is 13.7. The average molecular weight is 721 g/mol. The second-order valence-electron chi connectivity index (χ2n) is 16.4. The van der Waals surface area contributed by atoms with E-state index in [1.165, 1.54) is 88.6 Å². The summed E-state index contributed by atoms with van der Waals surface area (Å²) in [4.78, 5) is 27.3. The molecule has 0 amide bonds. The van der Waals surface area contributed by atoms with Gasteiger partial charge in [0.2, 0.25) is 13.4 Å². The predicted molar refractivity (Wildman–Crippen MR) is 238 cm³/mol. The van der Waals surface area contributed by atoms with Gasteiger partial charge in [0.25, 0.3) is 0 Å². The van der Waals surface area contributed by atoms with Gasteiger partial charge in [-0.3, -0.25) is 9.59 Å². The molecule has 0 atom stereocenters. The summed E-state index contributed by atoms with van der Waals surface area (Å²) in [5.41, 5.74) is 23.7. The van der Waals surface area contributed by atoms with Crippen LogP contribution in [0.1, 0.15) is 93.9 Å². The van der Waals surface area contributed by atoms with E-state index >= 15 is 0 Å². The smallest absolute Gasteiger partial charge is 0.242 e. The second kappa shape index (κ2) is 15.9. The van der Waals surface area contributed by atoms with Crippen LogP contribution >= 0.6 is 0 Å². The van der Waals surface area contributed by atoms with Crippen molar-refractivity contribution in [3.8, 4) is 0 Å². The summed E-state index contributed by atoms with van der Waals surface area (Å²) in [6.45, 7) is 26.2. The Hall–Kier alpha value is -5.21. The van der Waals surface area contributed by atoms with Crippen LogP contribution in [0.5, 0.6) is 0 Å². The molecule has 0 N–H and O–H groups in total. The lowest BCUT2D eigenvalue weighted by Crippen LogP contribution is -2.55. The van der Waals surface area contributed by atoms with E-state index in [4.69, 9.17) is 0 Å². The fourth-order valence-corrected chi connectivity index (χ4v) is 9.61. The van der Waals surface area contributed by atoms with Gasteiger partial charge in [-0.2, -0.15) is 0 Å². The maximum Gasteiger partial charge on any atom is 0.242 e. The van der Waals surface area contributed by atoms with Crippen LogP contribution in [-0.4, -0.2) is 25.0 Å². The molecule has 6 aromatic rings. The Morgan fingerprint density at radius 2 is 0.545 bits per heavy atom. The number of carbonyl (C=O) groups excluding carboxylic acids is 2. The molecule has 0 spiro atoms. The zero-order valence-corrected chi connectivity index (χ0v) is 34.9. The second-order valence-corrected chi connectivity index (χ2v) is 16.4. The third-order valence-electron chi connectivity index (χ3n) is 11.6. The first-order valence-electron chi connectivity index (χ1n) is 19.6. The van der Waals surface area contributed by atoms with Gasteiger partial charge in [-0.1, -0.05) is 197 Å². The Morgan fingerprint density at radius 3 is 0.745 bits per heavy atom. The number of Topliss-reactive ketones (excluding diaryl/α,β-unsaturated/α-hetero) is 2. The molecular formula is C51H54B2O2. The molecule has 0 unspecified atom stereocenters. The molecule has 0 aliphatic heterocycles. The van der Waals surface area contributed by atoms with Gasteiger partial charge in [-0.05, 0) is 83.1 Å². The van der Waals surface area contributed by atoms with Crippen LogP contribution in [0.2, 0.25) is 0 Å². The Kier molecular flexibility index (Phi) is 11.4. The van der Waals surface area contributed by atoms with E-state index in [2.05, 4.69) is 156 Å². The molecule has 6 rings (SSSR count). The van der Waals surface area contributed by atoms with Gasteiger partial charge in [0.1, 0.15) is 0 Å². The Balaban J connectivity index is 1.29. The number of aryl methyl sites for hydroxylation is 12. The molecular weight excluding hydrogens is 666 g/mol. The van der Waals surface area contributed by atoms with E-state index < -0.39 is 0 Å². The monoisotopic (exact) mass is 720 g/mol. The molecule has 4 heteroatoms. The summed E-state index contributed by atoms with van der Waals surface area (Å²) < 4.78 is 0. The predicted octanol–water partition coefficient (Wildman–Crippen LogP) is 7.88. The van der Waals surface area contributed by atoms with Gasteiger partial charge in [0, 0.05) is 11.1 Å². The van der Waals surface area contributed by atoms with Crippen molar-refractivity contribution in [1.29, 1.82) is 0 Å². The van der Waals surface area contributed by atoms with Crippen molar-refractivity contribution < 1.29 is 9.59 Å². The van der Waals surface area contributed by atoms with Gasteiger partial charge >= 0.3 is 0 Å². The van der Waals surface area contributed by atoms with E-state index in [0.29, 0.717) is 11.1 Å². The summed E-state index contributed by atoms with van der Waals surface area (Å²) in [5.74, 6) is -0.338. The molecule has 55 heavy (non-hydrogen) atoms. The quantitative estimate of drug-likeness (QED) is 0.0821. The van der Waals surface area contributed by atoms with Crippen molar-refractivity contribution in [2.24, 2.45) is 0 Å². The zero-order chi connectivity index (χ0) is 39.9. The number of ketones is 2. The molecule has 2 nitrogen and oxygen atoms in total.